The third kappa shape index (κ3) is 3.86. The van der Waals surface area contributed by atoms with E-state index in [0.29, 0.717) is 6.07 Å². The Hall–Kier alpha value is -2.27. The largest absolute Gasteiger partial charge is 0.478 e. The van der Waals surface area contributed by atoms with Gasteiger partial charge in [-0.3, -0.25) is 0 Å². The number of hydrogen-bond donors (Lipinski definition) is 1. The zero-order valence-corrected chi connectivity index (χ0v) is 10.3. The van der Waals surface area contributed by atoms with Crippen LogP contribution in [-0.4, -0.2) is 30.9 Å². The lowest BCUT2D eigenvalue weighted by Gasteiger charge is -2.18. The van der Waals surface area contributed by atoms with Crippen molar-refractivity contribution in [2.75, 3.05) is 13.7 Å². The molecule has 1 unspecified atom stereocenters. The Morgan fingerprint density at radius 1 is 1.50 bits per heavy atom. The maximum Gasteiger partial charge on any atom is 0.420 e. The number of hydrogen-bond acceptors (Lipinski definition) is 4. The molecule has 20 heavy (non-hydrogen) atoms. The SMILES string of the molecule is COCC(Oc1ccc(C#N)cc1C(F)(F)F)C(=O)O. The van der Waals surface area contributed by atoms with E-state index >= 15 is 0 Å². The normalized spacial score (nSPS) is 12.6. The van der Waals surface area contributed by atoms with Crippen LogP contribution in [0.3, 0.4) is 0 Å². The van der Waals surface area contributed by atoms with Crippen LogP contribution < -0.4 is 4.74 Å². The number of aliphatic carboxylic acids is 1. The van der Waals surface area contributed by atoms with Crippen LogP contribution >= 0.6 is 0 Å². The number of carboxylic acid groups (broad SMARTS) is 1. The van der Waals surface area contributed by atoms with E-state index in [1.807, 2.05) is 0 Å². The highest BCUT2D eigenvalue weighted by molar-refractivity contribution is 5.73. The summed E-state index contributed by atoms with van der Waals surface area (Å²) in [5, 5.41) is 17.4. The van der Waals surface area contributed by atoms with E-state index in [9.17, 15) is 18.0 Å². The van der Waals surface area contributed by atoms with E-state index in [1.165, 1.54) is 7.11 Å². The molecule has 0 aliphatic carbocycles. The molecule has 0 aliphatic heterocycles. The minimum absolute atomic E-state index is 0.205. The molecule has 1 aromatic carbocycles. The Labute approximate surface area is 112 Å². The number of alkyl halides is 3. The molecular weight excluding hydrogens is 279 g/mol. The van der Waals surface area contributed by atoms with Gasteiger partial charge in [-0.05, 0) is 18.2 Å². The van der Waals surface area contributed by atoms with Gasteiger partial charge in [0.25, 0.3) is 0 Å². The van der Waals surface area contributed by atoms with Crippen LogP contribution in [0.2, 0.25) is 0 Å². The van der Waals surface area contributed by atoms with Gasteiger partial charge in [0.2, 0.25) is 6.10 Å². The molecule has 0 amide bonds. The number of rotatable bonds is 5. The molecule has 1 rings (SSSR count). The number of carboxylic acids is 1. The summed E-state index contributed by atoms with van der Waals surface area (Å²) in [7, 11) is 1.20. The lowest BCUT2D eigenvalue weighted by Crippen LogP contribution is -2.32. The van der Waals surface area contributed by atoms with Crippen molar-refractivity contribution in [1.82, 2.24) is 0 Å². The lowest BCUT2D eigenvalue weighted by atomic mass is 10.1. The highest BCUT2D eigenvalue weighted by atomic mass is 19.4. The average molecular weight is 289 g/mol. The summed E-state index contributed by atoms with van der Waals surface area (Å²) in [6, 6.07) is 4.19. The van der Waals surface area contributed by atoms with Crippen molar-refractivity contribution < 1.29 is 32.5 Å². The topological polar surface area (TPSA) is 79.5 Å². The van der Waals surface area contributed by atoms with E-state index < -0.39 is 36.2 Å². The molecular formula is C12H10F3NO4. The maximum absolute atomic E-state index is 12.8. The first kappa shape index (κ1) is 15.8. The van der Waals surface area contributed by atoms with Gasteiger partial charge in [-0.2, -0.15) is 18.4 Å². The number of halogens is 3. The molecule has 0 heterocycles. The number of nitrogens with zero attached hydrogens (tertiary/aromatic N) is 1. The molecule has 0 radical (unpaired) electrons. The minimum Gasteiger partial charge on any atom is -0.478 e. The number of nitriles is 1. The van der Waals surface area contributed by atoms with Crippen LogP contribution in [0.25, 0.3) is 0 Å². The molecule has 0 aromatic heterocycles. The average Bonchev–Trinajstić information content (AvgIpc) is 2.37. The molecule has 0 spiro atoms. The summed E-state index contributed by atoms with van der Waals surface area (Å²) in [6.45, 7) is -0.410. The molecule has 108 valence electrons. The first-order chi connectivity index (χ1) is 9.29. The summed E-state index contributed by atoms with van der Waals surface area (Å²) in [5.74, 6) is -2.12. The Morgan fingerprint density at radius 3 is 2.60 bits per heavy atom. The predicted molar refractivity (Wildman–Crippen MR) is 60.1 cm³/mol. The molecule has 0 aliphatic rings. The lowest BCUT2D eigenvalue weighted by molar-refractivity contribution is -0.150. The van der Waals surface area contributed by atoms with Crippen molar-refractivity contribution in [2.45, 2.75) is 12.3 Å². The van der Waals surface area contributed by atoms with Gasteiger partial charge in [0.05, 0.1) is 23.8 Å². The van der Waals surface area contributed by atoms with Crippen LogP contribution in [0.5, 0.6) is 5.75 Å². The van der Waals surface area contributed by atoms with Crippen molar-refractivity contribution in [2.24, 2.45) is 0 Å². The zero-order valence-electron chi connectivity index (χ0n) is 10.3. The van der Waals surface area contributed by atoms with Gasteiger partial charge in [-0.1, -0.05) is 0 Å². The van der Waals surface area contributed by atoms with Gasteiger partial charge in [0.15, 0.2) is 0 Å². The molecule has 0 saturated heterocycles. The molecule has 5 nitrogen and oxygen atoms in total. The highest BCUT2D eigenvalue weighted by Crippen LogP contribution is 2.37. The summed E-state index contributed by atoms with van der Waals surface area (Å²) in [4.78, 5) is 10.8. The van der Waals surface area contributed by atoms with Crippen molar-refractivity contribution in [3.05, 3.63) is 29.3 Å². The van der Waals surface area contributed by atoms with Gasteiger partial charge in [0.1, 0.15) is 5.75 Å². The monoisotopic (exact) mass is 289 g/mol. The second-order valence-corrected chi connectivity index (χ2v) is 3.72. The van der Waals surface area contributed by atoms with E-state index in [-0.39, 0.29) is 5.56 Å². The Morgan fingerprint density at radius 2 is 2.15 bits per heavy atom. The van der Waals surface area contributed by atoms with Gasteiger partial charge < -0.3 is 14.6 Å². The van der Waals surface area contributed by atoms with Crippen molar-refractivity contribution in [3.8, 4) is 11.8 Å². The quantitative estimate of drug-likeness (QED) is 0.897. The van der Waals surface area contributed by atoms with Crippen molar-refractivity contribution >= 4 is 5.97 Å². The molecule has 1 atom stereocenters. The number of carbonyl (C=O) groups is 1. The fraction of sp³-hybridized carbons (Fsp3) is 0.333. The number of methoxy groups -OCH3 is 1. The van der Waals surface area contributed by atoms with Crippen LogP contribution in [0.4, 0.5) is 13.2 Å². The highest BCUT2D eigenvalue weighted by Gasteiger charge is 2.36. The molecule has 1 N–H and O–H groups in total. The van der Waals surface area contributed by atoms with Crippen molar-refractivity contribution in [3.63, 3.8) is 0 Å². The van der Waals surface area contributed by atoms with E-state index in [2.05, 4.69) is 4.74 Å². The van der Waals surface area contributed by atoms with Gasteiger partial charge in [-0.25, -0.2) is 4.79 Å². The molecule has 8 heteroatoms. The van der Waals surface area contributed by atoms with Crippen LogP contribution in [0.15, 0.2) is 18.2 Å². The fourth-order valence-electron chi connectivity index (χ4n) is 1.38. The number of benzene rings is 1. The minimum atomic E-state index is -4.77. The first-order valence-corrected chi connectivity index (χ1v) is 5.29. The standard InChI is InChI=1S/C12H10F3NO4/c1-19-6-10(11(17)18)20-9-3-2-7(5-16)4-8(9)12(13,14)15/h2-4,10H,6H2,1H3,(H,17,18). The molecule has 0 fully saturated rings. The number of ether oxygens (including phenoxy) is 2. The molecule has 1 aromatic rings. The van der Waals surface area contributed by atoms with Gasteiger partial charge in [-0.15, -0.1) is 0 Å². The zero-order chi connectivity index (χ0) is 15.3. The van der Waals surface area contributed by atoms with E-state index in [0.717, 1.165) is 12.1 Å². The van der Waals surface area contributed by atoms with E-state index in [4.69, 9.17) is 15.1 Å². The Kier molecular flexibility index (Phi) is 4.94. The molecule has 0 saturated carbocycles. The van der Waals surface area contributed by atoms with Gasteiger partial charge in [0, 0.05) is 7.11 Å². The molecule has 0 bridgehead atoms. The van der Waals surface area contributed by atoms with Crippen LogP contribution in [0, 0.1) is 11.3 Å². The third-order valence-electron chi connectivity index (χ3n) is 2.28. The first-order valence-electron chi connectivity index (χ1n) is 5.29. The van der Waals surface area contributed by atoms with Gasteiger partial charge >= 0.3 is 12.1 Å². The van der Waals surface area contributed by atoms with Crippen LogP contribution in [-0.2, 0) is 15.7 Å². The second-order valence-electron chi connectivity index (χ2n) is 3.72. The maximum atomic E-state index is 12.8. The summed E-state index contributed by atoms with van der Waals surface area (Å²) in [6.07, 6.45) is -6.34. The Balaban J connectivity index is 3.17. The fourth-order valence-corrected chi connectivity index (χ4v) is 1.38. The smallest absolute Gasteiger partial charge is 0.420 e. The summed E-state index contributed by atoms with van der Waals surface area (Å²) >= 11 is 0. The van der Waals surface area contributed by atoms with Crippen molar-refractivity contribution in [1.29, 1.82) is 5.26 Å². The Bertz CT molecular complexity index is 536. The van der Waals surface area contributed by atoms with Crippen LogP contribution in [0.1, 0.15) is 11.1 Å². The second kappa shape index (κ2) is 6.25. The predicted octanol–water partition coefficient (Wildman–Crippen LogP) is 2.06. The summed E-state index contributed by atoms with van der Waals surface area (Å²) < 4.78 is 47.9. The third-order valence-corrected chi connectivity index (χ3v) is 2.28. The van der Waals surface area contributed by atoms with E-state index in [1.54, 1.807) is 6.07 Å². The summed E-state index contributed by atoms with van der Waals surface area (Å²) in [5.41, 5.74) is -1.41.